The first-order valence-electron chi connectivity index (χ1n) is 8.67. The van der Waals surface area contributed by atoms with Gasteiger partial charge in [-0.3, -0.25) is 4.90 Å². The Kier molecular flexibility index (Phi) is 8.08. The summed E-state index contributed by atoms with van der Waals surface area (Å²) in [5.41, 5.74) is 6.53. The van der Waals surface area contributed by atoms with Gasteiger partial charge in [-0.15, -0.1) is 0 Å². The van der Waals surface area contributed by atoms with Crippen molar-refractivity contribution in [3.8, 4) is 0 Å². The average molecular weight is 284 g/mol. The Morgan fingerprint density at radius 2 is 1.85 bits per heavy atom. The van der Waals surface area contributed by atoms with Gasteiger partial charge >= 0.3 is 0 Å². The van der Waals surface area contributed by atoms with Crippen LogP contribution in [-0.2, 0) is 0 Å². The van der Waals surface area contributed by atoms with Crippen molar-refractivity contribution in [2.75, 3.05) is 40.3 Å². The van der Waals surface area contributed by atoms with Gasteiger partial charge in [-0.1, -0.05) is 33.1 Å². The summed E-state index contributed by atoms with van der Waals surface area (Å²) in [6.07, 6.45) is 9.34. The molecular formula is C17H37N3. The van der Waals surface area contributed by atoms with Crippen LogP contribution in [-0.4, -0.2) is 55.6 Å². The van der Waals surface area contributed by atoms with E-state index in [1.54, 1.807) is 0 Å². The first kappa shape index (κ1) is 17.9. The molecular weight excluding hydrogens is 246 g/mol. The highest BCUT2D eigenvalue weighted by molar-refractivity contribution is 4.94. The highest BCUT2D eigenvalue weighted by atomic mass is 15.2. The molecule has 2 atom stereocenters. The maximum atomic E-state index is 6.25. The van der Waals surface area contributed by atoms with Crippen LogP contribution in [0.15, 0.2) is 0 Å². The Labute approximate surface area is 126 Å². The minimum absolute atomic E-state index is 0.283. The molecule has 2 unspecified atom stereocenters. The fourth-order valence-electron chi connectivity index (χ4n) is 3.83. The van der Waals surface area contributed by atoms with Crippen LogP contribution in [0.5, 0.6) is 0 Å². The van der Waals surface area contributed by atoms with E-state index in [1.165, 1.54) is 58.0 Å². The summed E-state index contributed by atoms with van der Waals surface area (Å²) in [5.74, 6) is 0.934. The number of rotatable bonds is 8. The molecule has 1 saturated carbocycles. The lowest BCUT2D eigenvalue weighted by atomic mass is 9.87. The van der Waals surface area contributed by atoms with E-state index in [0.29, 0.717) is 0 Å². The molecule has 3 nitrogen and oxygen atoms in total. The summed E-state index contributed by atoms with van der Waals surface area (Å²) < 4.78 is 0. The largest absolute Gasteiger partial charge is 0.329 e. The number of nitrogens with two attached hydrogens (primary N) is 1. The second kappa shape index (κ2) is 9.01. The van der Waals surface area contributed by atoms with Crippen LogP contribution in [0.1, 0.15) is 58.8 Å². The van der Waals surface area contributed by atoms with E-state index >= 15 is 0 Å². The smallest absolute Gasteiger partial charge is 0.0331 e. The molecule has 20 heavy (non-hydrogen) atoms. The van der Waals surface area contributed by atoms with Crippen LogP contribution < -0.4 is 5.73 Å². The minimum atomic E-state index is 0.283. The number of likely N-dealkylation sites (N-methyl/N-ethyl adjacent to an activating group) is 1. The van der Waals surface area contributed by atoms with Gasteiger partial charge in [0.25, 0.3) is 0 Å². The third-order valence-corrected chi connectivity index (χ3v) is 5.32. The van der Waals surface area contributed by atoms with E-state index in [-0.39, 0.29) is 5.54 Å². The highest BCUT2D eigenvalue weighted by Gasteiger charge is 2.36. The van der Waals surface area contributed by atoms with Gasteiger partial charge in [0.15, 0.2) is 0 Å². The van der Waals surface area contributed by atoms with Crippen LogP contribution in [0.25, 0.3) is 0 Å². The number of hydrogen-bond donors (Lipinski definition) is 1. The Balaban J connectivity index is 2.63. The maximum Gasteiger partial charge on any atom is 0.0331 e. The molecule has 0 radical (unpaired) electrons. The van der Waals surface area contributed by atoms with E-state index < -0.39 is 0 Å². The molecule has 0 amide bonds. The maximum absolute atomic E-state index is 6.25. The lowest BCUT2D eigenvalue weighted by Crippen LogP contribution is -2.54. The molecule has 1 aliphatic rings. The standard InChI is InChI=1S/C17H37N3/c1-5-16-9-7-11-17(15-18,12-10-16)20(6-2)14-8-13-19(3)4/h16H,5-15,18H2,1-4H3. The van der Waals surface area contributed by atoms with Crippen molar-refractivity contribution in [3.63, 3.8) is 0 Å². The molecule has 1 aliphatic carbocycles. The predicted molar refractivity (Wildman–Crippen MR) is 89.1 cm³/mol. The van der Waals surface area contributed by atoms with Crippen molar-refractivity contribution in [2.45, 2.75) is 64.3 Å². The Bertz CT molecular complexity index is 255. The quantitative estimate of drug-likeness (QED) is 0.695. The Hall–Kier alpha value is -0.120. The van der Waals surface area contributed by atoms with Crippen molar-refractivity contribution < 1.29 is 0 Å². The van der Waals surface area contributed by atoms with E-state index in [1.807, 2.05) is 0 Å². The molecule has 0 spiro atoms. The summed E-state index contributed by atoms with van der Waals surface area (Å²) in [6, 6.07) is 0. The molecule has 1 rings (SSSR count). The molecule has 1 fully saturated rings. The molecule has 0 heterocycles. The molecule has 0 aromatic carbocycles. The van der Waals surface area contributed by atoms with Gasteiger partial charge in [0, 0.05) is 12.1 Å². The van der Waals surface area contributed by atoms with E-state index in [0.717, 1.165) is 19.0 Å². The van der Waals surface area contributed by atoms with Gasteiger partial charge in [-0.05, 0) is 65.3 Å². The summed E-state index contributed by atoms with van der Waals surface area (Å²) >= 11 is 0. The van der Waals surface area contributed by atoms with Gasteiger partial charge in [0.05, 0.1) is 0 Å². The zero-order valence-corrected chi connectivity index (χ0v) is 14.3. The van der Waals surface area contributed by atoms with Crippen molar-refractivity contribution in [3.05, 3.63) is 0 Å². The van der Waals surface area contributed by atoms with Crippen LogP contribution >= 0.6 is 0 Å². The van der Waals surface area contributed by atoms with Crippen LogP contribution in [0, 0.1) is 5.92 Å². The zero-order chi connectivity index (χ0) is 15.0. The Morgan fingerprint density at radius 3 is 2.40 bits per heavy atom. The fourth-order valence-corrected chi connectivity index (χ4v) is 3.83. The van der Waals surface area contributed by atoms with E-state index in [4.69, 9.17) is 5.73 Å². The van der Waals surface area contributed by atoms with E-state index in [2.05, 4.69) is 37.7 Å². The van der Waals surface area contributed by atoms with Crippen molar-refractivity contribution in [2.24, 2.45) is 11.7 Å². The number of nitrogens with zero attached hydrogens (tertiary/aromatic N) is 2. The molecule has 0 aromatic heterocycles. The lowest BCUT2D eigenvalue weighted by molar-refractivity contribution is 0.0788. The van der Waals surface area contributed by atoms with Crippen molar-refractivity contribution >= 4 is 0 Å². The second-order valence-corrected chi connectivity index (χ2v) is 6.87. The van der Waals surface area contributed by atoms with Gasteiger partial charge in [0.1, 0.15) is 0 Å². The SMILES string of the molecule is CCC1CCCC(CN)(N(CC)CCCN(C)C)CC1. The number of hydrogen-bond acceptors (Lipinski definition) is 3. The second-order valence-electron chi connectivity index (χ2n) is 6.87. The van der Waals surface area contributed by atoms with Crippen LogP contribution in [0.3, 0.4) is 0 Å². The molecule has 0 aromatic rings. The molecule has 3 heteroatoms. The third-order valence-electron chi connectivity index (χ3n) is 5.32. The summed E-state index contributed by atoms with van der Waals surface area (Å²) in [6.45, 7) is 8.99. The Morgan fingerprint density at radius 1 is 1.10 bits per heavy atom. The molecule has 0 aliphatic heterocycles. The first-order chi connectivity index (χ1) is 9.57. The lowest BCUT2D eigenvalue weighted by Gasteiger charge is -2.43. The van der Waals surface area contributed by atoms with Gasteiger partial charge in [-0.2, -0.15) is 0 Å². The normalized spacial score (nSPS) is 28.1. The minimum Gasteiger partial charge on any atom is -0.329 e. The topological polar surface area (TPSA) is 32.5 Å². The molecule has 2 N–H and O–H groups in total. The fraction of sp³-hybridized carbons (Fsp3) is 1.00. The monoisotopic (exact) mass is 283 g/mol. The highest BCUT2D eigenvalue weighted by Crippen LogP contribution is 2.35. The van der Waals surface area contributed by atoms with Gasteiger partial charge in [-0.25, -0.2) is 0 Å². The van der Waals surface area contributed by atoms with Crippen molar-refractivity contribution in [1.82, 2.24) is 9.80 Å². The summed E-state index contributed by atoms with van der Waals surface area (Å²) in [5, 5.41) is 0. The summed E-state index contributed by atoms with van der Waals surface area (Å²) in [4.78, 5) is 4.97. The third kappa shape index (κ3) is 5.01. The van der Waals surface area contributed by atoms with Crippen LogP contribution in [0.2, 0.25) is 0 Å². The van der Waals surface area contributed by atoms with Crippen molar-refractivity contribution in [1.29, 1.82) is 0 Å². The zero-order valence-electron chi connectivity index (χ0n) is 14.3. The average Bonchev–Trinajstić information content (AvgIpc) is 2.66. The first-order valence-corrected chi connectivity index (χ1v) is 8.67. The predicted octanol–water partition coefficient (Wildman–Crippen LogP) is 2.95. The van der Waals surface area contributed by atoms with Crippen LogP contribution in [0.4, 0.5) is 0 Å². The van der Waals surface area contributed by atoms with E-state index in [9.17, 15) is 0 Å². The molecule has 120 valence electrons. The summed E-state index contributed by atoms with van der Waals surface area (Å²) in [7, 11) is 4.32. The van der Waals surface area contributed by atoms with Gasteiger partial charge in [0.2, 0.25) is 0 Å². The molecule has 0 saturated heterocycles. The van der Waals surface area contributed by atoms with Gasteiger partial charge < -0.3 is 10.6 Å². The molecule has 0 bridgehead atoms.